The van der Waals surface area contributed by atoms with Gasteiger partial charge in [0.15, 0.2) is 0 Å². The molecular weight excluding hydrogens is 319 g/mol. The van der Waals surface area contributed by atoms with E-state index in [9.17, 15) is 12.8 Å². The van der Waals surface area contributed by atoms with Crippen LogP contribution in [0.2, 0.25) is 0 Å². The Bertz CT molecular complexity index is 632. The number of benzene rings is 1. The molecule has 1 aromatic rings. The summed E-state index contributed by atoms with van der Waals surface area (Å²) < 4.78 is 45.8. The minimum Gasteiger partial charge on any atom is -0.377 e. The number of hydrogen-bond acceptors (Lipinski definition) is 4. The maximum atomic E-state index is 13.3. The predicted molar refractivity (Wildman–Crippen MR) is 85.2 cm³/mol. The van der Waals surface area contributed by atoms with Gasteiger partial charge in [-0.25, -0.2) is 12.8 Å². The van der Waals surface area contributed by atoms with Crippen LogP contribution in [0.1, 0.15) is 19.3 Å². The molecule has 0 radical (unpaired) electrons. The van der Waals surface area contributed by atoms with Crippen LogP contribution in [0.15, 0.2) is 29.2 Å². The first kappa shape index (κ1) is 16.8. The fourth-order valence-corrected chi connectivity index (χ4v) is 4.72. The smallest absolute Gasteiger partial charge is 0.243 e. The summed E-state index contributed by atoms with van der Waals surface area (Å²) >= 11 is 0. The van der Waals surface area contributed by atoms with Gasteiger partial charge in [-0.1, -0.05) is 6.07 Å². The molecule has 1 aromatic carbocycles. The molecule has 0 spiro atoms. The Kier molecular flexibility index (Phi) is 5.31. The first-order valence-corrected chi connectivity index (χ1v) is 9.59. The highest BCUT2D eigenvalue weighted by molar-refractivity contribution is 7.89. The van der Waals surface area contributed by atoms with E-state index in [2.05, 4.69) is 4.90 Å². The molecule has 0 aromatic heterocycles. The summed E-state index contributed by atoms with van der Waals surface area (Å²) in [6.07, 6.45) is 3.25. The van der Waals surface area contributed by atoms with Gasteiger partial charge in [0.05, 0.1) is 11.0 Å². The first-order chi connectivity index (χ1) is 11.1. The van der Waals surface area contributed by atoms with Crippen molar-refractivity contribution in [2.45, 2.75) is 30.3 Å². The van der Waals surface area contributed by atoms with E-state index in [1.807, 2.05) is 0 Å². The van der Waals surface area contributed by atoms with Gasteiger partial charge >= 0.3 is 0 Å². The summed E-state index contributed by atoms with van der Waals surface area (Å²) in [6, 6.07) is 5.23. The third-order valence-corrected chi connectivity index (χ3v) is 6.36. The van der Waals surface area contributed by atoms with Gasteiger partial charge in [-0.05, 0) is 44.0 Å². The molecule has 0 saturated carbocycles. The Balaban J connectivity index is 1.64. The SMILES string of the molecule is O=S(=O)(c1cccc(F)c1)N1CCCN(C[C@@H]2CCCO2)CC1. The van der Waals surface area contributed by atoms with Crippen LogP contribution in [0.25, 0.3) is 0 Å². The Morgan fingerprint density at radius 3 is 2.78 bits per heavy atom. The van der Waals surface area contributed by atoms with Gasteiger partial charge < -0.3 is 4.74 Å². The monoisotopic (exact) mass is 342 g/mol. The summed E-state index contributed by atoms with van der Waals surface area (Å²) in [6.45, 7) is 4.17. The Morgan fingerprint density at radius 2 is 2.04 bits per heavy atom. The van der Waals surface area contributed by atoms with E-state index >= 15 is 0 Å². The van der Waals surface area contributed by atoms with Crippen molar-refractivity contribution in [1.29, 1.82) is 0 Å². The van der Waals surface area contributed by atoms with Crippen molar-refractivity contribution < 1.29 is 17.5 Å². The van der Waals surface area contributed by atoms with Crippen molar-refractivity contribution in [2.24, 2.45) is 0 Å². The molecular formula is C16H23FN2O3S. The lowest BCUT2D eigenvalue weighted by Crippen LogP contribution is -2.37. The van der Waals surface area contributed by atoms with E-state index in [0.29, 0.717) is 19.6 Å². The maximum absolute atomic E-state index is 13.3. The van der Waals surface area contributed by atoms with Crippen LogP contribution >= 0.6 is 0 Å². The van der Waals surface area contributed by atoms with Crippen molar-refractivity contribution in [1.82, 2.24) is 9.21 Å². The summed E-state index contributed by atoms with van der Waals surface area (Å²) in [5.41, 5.74) is 0. The lowest BCUT2D eigenvalue weighted by atomic mass is 10.2. The average molecular weight is 342 g/mol. The van der Waals surface area contributed by atoms with Gasteiger partial charge in [0.25, 0.3) is 0 Å². The van der Waals surface area contributed by atoms with E-state index in [1.165, 1.54) is 22.5 Å². The quantitative estimate of drug-likeness (QED) is 0.836. The van der Waals surface area contributed by atoms with Crippen LogP contribution in [0.4, 0.5) is 4.39 Å². The van der Waals surface area contributed by atoms with E-state index in [4.69, 9.17) is 4.74 Å². The van der Waals surface area contributed by atoms with Crippen molar-refractivity contribution in [3.05, 3.63) is 30.1 Å². The number of hydrogen-bond donors (Lipinski definition) is 0. The van der Waals surface area contributed by atoms with Gasteiger partial charge in [0.1, 0.15) is 5.82 Å². The Hall–Kier alpha value is -1.02. The van der Waals surface area contributed by atoms with Crippen molar-refractivity contribution in [2.75, 3.05) is 39.3 Å². The minimum absolute atomic E-state index is 0.0325. The number of rotatable bonds is 4. The number of ether oxygens (including phenoxy) is 1. The van der Waals surface area contributed by atoms with Gasteiger partial charge in [0, 0.05) is 32.8 Å². The zero-order valence-corrected chi connectivity index (χ0v) is 14.0. The highest BCUT2D eigenvalue weighted by Crippen LogP contribution is 2.20. The average Bonchev–Trinajstić information content (AvgIpc) is 2.91. The zero-order valence-electron chi connectivity index (χ0n) is 13.2. The molecule has 3 rings (SSSR count). The molecule has 0 unspecified atom stereocenters. The molecule has 2 aliphatic heterocycles. The van der Waals surface area contributed by atoms with Crippen molar-refractivity contribution in [3.8, 4) is 0 Å². The molecule has 0 aliphatic carbocycles. The second kappa shape index (κ2) is 7.25. The molecule has 0 amide bonds. The third-order valence-electron chi connectivity index (χ3n) is 4.47. The minimum atomic E-state index is -3.62. The molecule has 23 heavy (non-hydrogen) atoms. The van der Waals surface area contributed by atoms with Crippen LogP contribution < -0.4 is 0 Å². The molecule has 2 heterocycles. The largest absolute Gasteiger partial charge is 0.377 e. The molecule has 2 fully saturated rings. The van der Waals surface area contributed by atoms with E-state index in [-0.39, 0.29) is 11.0 Å². The molecule has 0 N–H and O–H groups in total. The van der Waals surface area contributed by atoms with Crippen LogP contribution in [0.3, 0.4) is 0 Å². The summed E-state index contributed by atoms with van der Waals surface area (Å²) in [7, 11) is -3.62. The number of halogens is 1. The van der Waals surface area contributed by atoms with Crippen molar-refractivity contribution >= 4 is 10.0 Å². The fraction of sp³-hybridized carbons (Fsp3) is 0.625. The molecule has 128 valence electrons. The lowest BCUT2D eigenvalue weighted by Gasteiger charge is -2.23. The maximum Gasteiger partial charge on any atom is 0.243 e. The van der Waals surface area contributed by atoms with E-state index in [1.54, 1.807) is 0 Å². The van der Waals surface area contributed by atoms with E-state index < -0.39 is 15.8 Å². The summed E-state index contributed by atoms with van der Waals surface area (Å²) in [5, 5.41) is 0. The van der Waals surface area contributed by atoms with Gasteiger partial charge in [-0.15, -0.1) is 0 Å². The molecule has 2 aliphatic rings. The number of sulfonamides is 1. The molecule has 1 atom stereocenters. The van der Waals surface area contributed by atoms with Crippen LogP contribution in [-0.2, 0) is 14.8 Å². The van der Waals surface area contributed by atoms with Crippen LogP contribution in [0, 0.1) is 5.82 Å². The number of nitrogens with zero attached hydrogens (tertiary/aromatic N) is 2. The van der Waals surface area contributed by atoms with Crippen molar-refractivity contribution in [3.63, 3.8) is 0 Å². The normalized spacial score (nSPS) is 24.7. The summed E-state index contributed by atoms with van der Waals surface area (Å²) in [5.74, 6) is -0.527. The molecule has 5 nitrogen and oxygen atoms in total. The topological polar surface area (TPSA) is 49.9 Å². The zero-order chi connectivity index (χ0) is 16.3. The van der Waals surface area contributed by atoms with Gasteiger partial charge in [0.2, 0.25) is 10.0 Å². The van der Waals surface area contributed by atoms with Gasteiger partial charge in [-0.3, -0.25) is 4.90 Å². The predicted octanol–water partition coefficient (Wildman–Crippen LogP) is 1.70. The third kappa shape index (κ3) is 4.09. The highest BCUT2D eigenvalue weighted by atomic mass is 32.2. The Labute approximate surface area is 137 Å². The molecule has 7 heteroatoms. The standard InChI is InChI=1S/C16H23FN2O3S/c17-14-4-1-6-16(12-14)23(20,21)19-8-3-7-18(9-10-19)13-15-5-2-11-22-15/h1,4,6,12,15H,2-3,5,7-11,13H2/t15-/m0/s1. The second-order valence-corrected chi connectivity index (χ2v) is 8.09. The van der Waals surface area contributed by atoms with Crippen LogP contribution in [0.5, 0.6) is 0 Å². The second-order valence-electron chi connectivity index (χ2n) is 6.15. The Morgan fingerprint density at radius 1 is 1.17 bits per heavy atom. The van der Waals surface area contributed by atoms with E-state index in [0.717, 1.165) is 45.0 Å². The molecule has 0 bridgehead atoms. The fourth-order valence-electron chi connectivity index (χ4n) is 3.22. The summed E-state index contributed by atoms with van der Waals surface area (Å²) in [4.78, 5) is 2.31. The van der Waals surface area contributed by atoms with Crippen LogP contribution in [-0.4, -0.2) is 63.1 Å². The molecule has 2 saturated heterocycles. The van der Waals surface area contributed by atoms with Gasteiger partial charge in [-0.2, -0.15) is 4.31 Å². The highest BCUT2D eigenvalue weighted by Gasteiger charge is 2.28. The lowest BCUT2D eigenvalue weighted by molar-refractivity contribution is 0.0749. The first-order valence-electron chi connectivity index (χ1n) is 8.15.